The van der Waals surface area contributed by atoms with Gasteiger partial charge in [0.05, 0.1) is 18.4 Å². The molecular weight excluding hydrogens is 320 g/mol. The summed E-state index contributed by atoms with van der Waals surface area (Å²) in [4.78, 5) is 14.8. The van der Waals surface area contributed by atoms with E-state index in [1.165, 1.54) is 0 Å². The van der Waals surface area contributed by atoms with Crippen molar-refractivity contribution in [2.45, 2.75) is 64.5 Å². The molecule has 6 nitrogen and oxygen atoms in total. The van der Waals surface area contributed by atoms with Crippen molar-refractivity contribution in [3.05, 3.63) is 41.2 Å². The predicted molar refractivity (Wildman–Crippen MR) is 92.0 cm³/mol. The first-order valence-corrected chi connectivity index (χ1v) is 9.11. The second kappa shape index (κ2) is 7.87. The van der Waals surface area contributed by atoms with E-state index < -0.39 is 6.10 Å². The third kappa shape index (κ3) is 3.79. The highest BCUT2D eigenvalue weighted by Crippen LogP contribution is 2.29. The zero-order valence-electron chi connectivity index (χ0n) is 14.9. The van der Waals surface area contributed by atoms with E-state index in [9.17, 15) is 9.90 Å². The number of aromatic nitrogens is 1. The molecule has 2 unspecified atom stereocenters. The molecule has 2 aromatic heterocycles. The Kier molecular flexibility index (Phi) is 5.58. The van der Waals surface area contributed by atoms with Gasteiger partial charge in [0.25, 0.3) is 0 Å². The van der Waals surface area contributed by atoms with Gasteiger partial charge in [-0.3, -0.25) is 4.79 Å². The van der Waals surface area contributed by atoms with Crippen molar-refractivity contribution in [3.8, 4) is 0 Å². The minimum absolute atomic E-state index is 0.0441. The molecule has 2 aromatic rings. The Labute approximate surface area is 147 Å². The van der Waals surface area contributed by atoms with Gasteiger partial charge < -0.3 is 18.9 Å². The number of hydrogen-bond acceptors (Lipinski definition) is 5. The van der Waals surface area contributed by atoms with Gasteiger partial charge in [-0.2, -0.15) is 0 Å². The highest BCUT2D eigenvalue weighted by atomic mass is 16.5. The van der Waals surface area contributed by atoms with E-state index in [1.54, 1.807) is 18.4 Å². The maximum atomic E-state index is 12.9. The summed E-state index contributed by atoms with van der Waals surface area (Å²) in [6.45, 7) is 4.76. The van der Waals surface area contributed by atoms with Crippen LogP contribution in [-0.2, 0) is 24.1 Å². The molecule has 1 fully saturated rings. The van der Waals surface area contributed by atoms with Crippen molar-refractivity contribution in [2.75, 3.05) is 6.54 Å². The van der Waals surface area contributed by atoms with Crippen LogP contribution in [0.4, 0.5) is 0 Å². The molecular formula is C19H26N2O4. The average Bonchev–Trinajstić information content (AvgIpc) is 3.35. The molecule has 25 heavy (non-hydrogen) atoms. The van der Waals surface area contributed by atoms with E-state index in [-0.39, 0.29) is 11.9 Å². The number of rotatable bonds is 7. The lowest BCUT2D eigenvalue weighted by Crippen LogP contribution is -2.37. The number of amides is 1. The fourth-order valence-corrected chi connectivity index (χ4v) is 3.65. The van der Waals surface area contributed by atoms with E-state index in [0.29, 0.717) is 18.6 Å². The van der Waals surface area contributed by atoms with Gasteiger partial charge in [0.2, 0.25) is 5.91 Å². The summed E-state index contributed by atoms with van der Waals surface area (Å²) >= 11 is 0. The summed E-state index contributed by atoms with van der Waals surface area (Å²) in [5, 5.41) is 14.4. The van der Waals surface area contributed by atoms with E-state index in [2.05, 4.69) is 5.16 Å². The van der Waals surface area contributed by atoms with Crippen LogP contribution in [0.3, 0.4) is 0 Å². The quantitative estimate of drug-likeness (QED) is 0.833. The standard InChI is InChI=1S/C19H26N2O4/c1-3-15-14(17(4-2)25-20-15)12-19(23)21-9-5-7-13(21)11-16(22)18-8-6-10-24-18/h6,8,10,13,16,22H,3-5,7,9,11-12H2,1-2H3. The van der Waals surface area contributed by atoms with Gasteiger partial charge in [0, 0.05) is 31.0 Å². The SMILES string of the molecule is CCc1noc(CC)c1CC(=O)N1CCCC1CC(O)c1ccco1. The third-order valence-corrected chi connectivity index (χ3v) is 5.00. The Morgan fingerprint density at radius 1 is 1.44 bits per heavy atom. The monoisotopic (exact) mass is 346 g/mol. The van der Waals surface area contributed by atoms with Gasteiger partial charge in [-0.25, -0.2) is 0 Å². The lowest BCUT2D eigenvalue weighted by molar-refractivity contribution is -0.131. The maximum absolute atomic E-state index is 12.9. The van der Waals surface area contributed by atoms with Crippen LogP contribution in [0.2, 0.25) is 0 Å². The van der Waals surface area contributed by atoms with Crippen LogP contribution >= 0.6 is 0 Å². The van der Waals surface area contributed by atoms with Crippen molar-refractivity contribution in [2.24, 2.45) is 0 Å². The topological polar surface area (TPSA) is 79.7 Å². The lowest BCUT2D eigenvalue weighted by atomic mass is 10.0. The molecule has 136 valence electrons. The Balaban J connectivity index is 1.68. The first kappa shape index (κ1) is 17.7. The van der Waals surface area contributed by atoms with E-state index in [1.807, 2.05) is 18.7 Å². The number of furan rings is 1. The number of carbonyl (C=O) groups excluding carboxylic acids is 1. The number of aryl methyl sites for hydroxylation is 2. The Morgan fingerprint density at radius 2 is 2.28 bits per heavy atom. The van der Waals surface area contributed by atoms with Gasteiger partial charge in [0.15, 0.2) is 0 Å². The van der Waals surface area contributed by atoms with Crippen molar-refractivity contribution in [1.82, 2.24) is 10.1 Å². The van der Waals surface area contributed by atoms with Crippen molar-refractivity contribution >= 4 is 5.91 Å². The van der Waals surface area contributed by atoms with Crippen molar-refractivity contribution < 1.29 is 18.8 Å². The molecule has 0 radical (unpaired) electrons. The summed E-state index contributed by atoms with van der Waals surface area (Å²) in [6, 6.07) is 3.58. The van der Waals surface area contributed by atoms with Gasteiger partial charge >= 0.3 is 0 Å². The predicted octanol–water partition coefficient (Wildman–Crippen LogP) is 3.05. The molecule has 0 bridgehead atoms. The molecule has 3 rings (SSSR count). The summed E-state index contributed by atoms with van der Waals surface area (Å²) < 4.78 is 10.6. The zero-order chi connectivity index (χ0) is 17.8. The van der Waals surface area contributed by atoms with Crippen molar-refractivity contribution in [3.63, 3.8) is 0 Å². The van der Waals surface area contributed by atoms with E-state index in [0.717, 1.165) is 49.2 Å². The summed E-state index contributed by atoms with van der Waals surface area (Å²) in [7, 11) is 0. The van der Waals surface area contributed by atoms with Gasteiger partial charge in [0.1, 0.15) is 17.6 Å². The highest BCUT2D eigenvalue weighted by molar-refractivity contribution is 5.79. The van der Waals surface area contributed by atoms with Crippen molar-refractivity contribution in [1.29, 1.82) is 0 Å². The normalized spacial score (nSPS) is 18.7. The average molecular weight is 346 g/mol. The summed E-state index contributed by atoms with van der Waals surface area (Å²) in [5.41, 5.74) is 1.81. The highest BCUT2D eigenvalue weighted by Gasteiger charge is 2.32. The number of aliphatic hydroxyl groups excluding tert-OH is 1. The number of likely N-dealkylation sites (tertiary alicyclic amines) is 1. The minimum atomic E-state index is -0.679. The molecule has 0 aliphatic carbocycles. The Morgan fingerprint density at radius 3 is 2.96 bits per heavy atom. The van der Waals surface area contributed by atoms with Crippen LogP contribution in [0.25, 0.3) is 0 Å². The van der Waals surface area contributed by atoms with E-state index in [4.69, 9.17) is 8.94 Å². The molecule has 6 heteroatoms. The van der Waals surface area contributed by atoms with Gasteiger partial charge in [-0.05, 0) is 31.4 Å². The first-order chi connectivity index (χ1) is 12.1. The first-order valence-electron chi connectivity index (χ1n) is 9.11. The molecule has 1 amide bonds. The second-order valence-corrected chi connectivity index (χ2v) is 6.56. The Hall–Kier alpha value is -2.08. The molecule has 2 atom stereocenters. The Bertz CT molecular complexity index is 671. The van der Waals surface area contributed by atoms with Crippen LogP contribution in [0, 0.1) is 0 Å². The molecule has 1 aliphatic heterocycles. The van der Waals surface area contributed by atoms with Gasteiger partial charge in [-0.1, -0.05) is 19.0 Å². The number of hydrogen-bond donors (Lipinski definition) is 1. The molecule has 3 heterocycles. The summed E-state index contributed by atoms with van der Waals surface area (Å²) in [5.74, 6) is 1.44. The third-order valence-electron chi connectivity index (χ3n) is 5.00. The fourth-order valence-electron chi connectivity index (χ4n) is 3.65. The van der Waals surface area contributed by atoms with Crippen LogP contribution in [-0.4, -0.2) is 33.7 Å². The van der Waals surface area contributed by atoms with E-state index >= 15 is 0 Å². The molecule has 1 aliphatic rings. The molecule has 0 saturated carbocycles. The van der Waals surface area contributed by atoms with Crippen LogP contribution in [0.1, 0.15) is 62.0 Å². The van der Waals surface area contributed by atoms with Gasteiger partial charge in [-0.15, -0.1) is 0 Å². The van der Waals surface area contributed by atoms with Crippen LogP contribution in [0.15, 0.2) is 27.3 Å². The molecule has 1 saturated heterocycles. The number of nitrogens with zero attached hydrogens (tertiary/aromatic N) is 2. The zero-order valence-corrected chi connectivity index (χ0v) is 14.9. The molecule has 0 aromatic carbocycles. The molecule has 0 spiro atoms. The van der Waals surface area contributed by atoms with Crippen LogP contribution < -0.4 is 0 Å². The lowest BCUT2D eigenvalue weighted by Gasteiger charge is -2.26. The largest absolute Gasteiger partial charge is 0.467 e. The minimum Gasteiger partial charge on any atom is -0.467 e. The smallest absolute Gasteiger partial charge is 0.227 e. The number of aliphatic hydroxyl groups is 1. The second-order valence-electron chi connectivity index (χ2n) is 6.56. The van der Waals surface area contributed by atoms with Crippen LogP contribution in [0.5, 0.6) is 0 Å². The molecule has 1 N–H and O–H groups in total. The summed E-state index contributed by atoms with van der Waals surface area (Å²) in [6.07, 6.45) is 5.07. The maximum Gasteiger partial charge on any atom is 0.227 e. The fraction of sp³-hybridized carbons (Fsp3) is 0.579. The number of carbonyl (C=O) groups is 1.